The fourth-order valence-electron chi connectivity index (χ4n) is 1.90. The molecule has 0 aliphatic heterocycles. The lowest BCUT2D eigenvalue weighted by Gasteiger charge is -2.18. The molecule has 0 aromatic rings. The van der Waals surface area contributed by atoms with E-state index in [-0.39, 0.29) is 0 Å². The van der Waals surface area contributed by atoms with Gasteiger partial charge in [0, 0.05) is 0 Å². The zero-order valence-electron chi connectivity index (χ0n) is 14.7. The third kappa shape index (κ3) is 11.2. The van der Waals surface area contributed by atoms with Crippen LogP contribution < -0.4 is 4.90 Å². The molecule has 0 rings (SSSR count). The van der Waals surface area contributed by atoms with Crippen LogP contribution in [0.3, 0.4) is 0 Å². The minimum absolute atomic E-state index is 1.16. The summed E-state index contributed by atoms with van der Waals surface area (Å²) in [5.74, 6) is 4.45. The van der Waals surface area contributed by atoms with Crippen molar-refractivity contribution in [3.05, 3.63) is 0 Å². The molecule has 0 atom stereocenters. The summed E-state index contributed by atoms with van der Waals surface area (Å²) in [5.41, 5.74) is 0. The quantitative estimate of drug-likeness (QED) is 0.626. The van der Waals surface area contributed by atoms with Crippen molar-refractivity contribution < 1.29 is 9.55 Å². The number of nitrogens with zero attached hydrogens (tertiary/aromatic N) is 3. The summed E-state index contributed by atoms with van der Waals surface area (Å²) in [6.07, 6.45) is 5.74. The Kier molecular flexibility index (Phi) is 16.4. The fraction of sp³-hybridized carbons (Fsp3) is 0.812. The molecule has 0 fully saturated rings. The lowest BCUT2D eigenvalue weighted by molar-refractivity contribution is -0.900. The highest BCUT2D eigenvalue weighted by molar-refractivity contribution is 6.94. The van der Waals surface area contributed by atoms with Gasteiger partial charge in [0.1, 0.15) is 0 Å². The normalized spacial score (nSPS) is 10.1. The van der Waals surface area contributed by atoms with Crippen LogP contribution >= 0.6 is 0 Å². The molecule has 0 radical (unpaired) electrons. The molecule has 5 nitrogen and oxygen atoms in total. The maximum atomic E-state index is 8.18. The van der Waals surface area contributed by atoms with Gasteiger partial charge in [-0.25, -0.2) is 15.8 Å². The summed E-state index contributed by atoms with van der Waals surface area (Å²) in [4.78, 5) is 1.84. The fourth-order valence-corrected chi connectivity index (χ4v) is 1.90. The highest BCUT2D eigenvalue weighted by atomic mass is 16.4. The van der Waals surface area contributed by atoms with Crippen LogP contribution in [0.5, 0.6) is 0 Å². The molecule has 22 heavy (non-hydrogen) atoms. The molecule has 0 amide bonds. The highest BCUT2D eigenvalue weighted by Crippen LogP contribution is 1.96. The van der Waals surface area contributed by atoms with Crippen LogP contribution in [0.25, 0.3) is 0 Å². The molecular formula is C16H31BN4O. The van der Waals surface area contributed by atoms with Gasteiger partial charge in [-0.05, 0) is 26.4 Å². The Morgan fingerprint density at radius 1 is 0.773 bits per heavy atom. The maximum Gasteiger partial charge on any atom is 0.408 e. The van der Waals surface area contributed by atoms with Gasteiger partial charge in [-0.2, -0.15) is 0 Å². The maximum absolute atomic E-state index is 8.18. The van der Waals surface area contributed by atoms with E-state index in [0.29, 0.717) is 0 Å². The van der Waals surface area contributed by atoms with Gasteiger partial charge in [0.2, 0.25) is 0 Å². The summed E-state index contributed by atoms with van der Waals surface area (Å²) >= 11 is 0. The Morgan fingerprint density at radius 2 is 1.09 bits per heavy atom. The molecule has 0 bridgehead atoms. The Labute approximate surface area is 136 Å². The van der Waals surface area contributed by atoms with Gasteiger partial charge < -0.3 is 9.55 Å². The van der Waals surface area contributed by atoms with E-state index in [4.69, 9.17) is 15.8 Å². The second kappa shape index (κ2) is 15.8. The summed E-state index contributed by atoms with van der Waals surface area (Å²) in [6.45, 7) is 11.1. The summed E-state index contributed by atoms with van der Waals surface area (Å²) < 4.78 is 4.36. The standard InChI is InChI=1S/C12H27N.C4H3BN3O/c1-4-7-10-13(11-8-5-2)12-9-6-3;1-9-5(2-6,3-7)4-8/h4-12H2,1-3H3;1H3/q;-1/p+1. The summed E-state index contributed by atoms with van der Waals surface area (Å²) in [7, 11) is 1.16. The van der Waals surface area contributed by atoms with E-state index >= 15 is 0 Å². The van der Waals surface area contributed by atoms with Crippen LogP contribution in [0.4, 0.5) is 0 Å². The number of hydrogen-bond donors (Lipinski definition) is 1. The van der Waals surface area contributed by atoms with Crippen molar-refractivity contribution in [2.24, 2.45) is 0 Å². The van der Waals surface area contributed by atoms with E-state index in [1.165, 1.54) is 76.1 Å². The zero-order chi connectivity index (χ0) is 17.3. The smallest absolute Gasteiger partial charge is 0.408 e. The SMILES string of the molecule is CCCC[NH+](CCCC)CCCC.CO[B-](C#N)(C#N)C#N. The number of quaternary nitrogens is 1. The summed E-state index contributed by atoms with van der Waals surface area (Å²) in [6, 6.07) is 0. The number of rotatable bonds is 10. The van der Waals surface area contributed by atoms with Gasteiger partial charge in [0.15, 0.2) is 0 Å². The molecule has 0 heterocycles. The Balaban J connectivity index is 0. The molecule has 0 aliphatic carbocycles. The van der Waals surface area contributed by atoms with Crippen LogP contribution in [-0.4, -0.2) is 33.1 Å². The third-order valence-electron chi connectivity index (χ3n) is 3.55. The van der Waals surface area contributed by atoms with Crippen molar-refractivity contribution in [1.82, 2.24) is 0 Å². The second-order valence-electron chi connectivity index (χ2n) is 5.47. The molecule has 1 N–H and O–H groups in total. The number of nitriles is 3. The molecule has 0 aromatic carbocycles. The predicted octanol–water partition coefficient (Wildman–Crippen LogP) is 2.04. The lowest BCUT2D eigenvalue weighted by Crippen LogP contribution is -3.12. The van der Waals surface area contributed by atoms with Crippen molar-refractivity contribution in [2.45, 2.75) is 59.3 Å². The largest absolute Gasteiger partial charge is 0.559 e. The minimum atomic E-state index is -2.53. The van der Waals surface area contributed by atoms with Crippen molar-refractivity contribution >= 4 is 6.35 Å². The van der Waals surface area contributed by atoms with Gasteiger partial charge in [0.05, 0.1) is 19.6 Å². The van der Waals surface area contributed by atoms with Crippen molar-refractivity contribution in [3.63, 3.8) is 0 Å². The number of hydrogen-bond acceptors (Lipinski definition) is 4. The van der Waals surface area contributed by atoms with E-state index in [2.05, 4.69) is 25.4 Å². The molecule has 6 heteroatoms. The molecule has 124 valence electrons. The first-order chi connectivity index (χ1) is 10.6. The van der Waals surface area contributed by atoms with Crippen LogP contribution in [0, 0.1) is 33.7 Å². The Hall–Kier alpha value is -1.55. The molecule has 0 aliphatic rings. The van der Waals surface area contributed by atoms with E-state index in [9.17, 15) is 0 Å². The van der Waals surface area contributed by atoms with Gasteiger partial charge in [-0.1, -0.05) is 57.9 Å². The van der Waals surface area contributed by atoms with Gasteiger partial charge in [-0.15, -0.1) is 0 Å². The van der Waals surface area contributed by atoms with Gasteiger partial charge in [0.25, 0.3) is 0 Å². The molecule has 0 aromatic heterocycles. The van der Waals surface area contributed by atoms with Crippen molar-refractivity contribution in [2.75, 3.05) is 26.7 Å². The van der Waals surface area contributed by atoms with Crippen molar-refractivity contribution in [1.29, 1.82) is 15.8 Å². The average Bonchev–Trinajstić information content (AvgIpc) is 2.57. The topological polar surface area (TPSA) is 85.0 Å². The van der Waals surface area contributed by atoms with Gasteiger partial charge in [-0.3, -0.25) is 0 Å². The first-order valence-electron chi connectivity index (χ1n) is 8.36. The summed E-state index contributed by atoms with van der Waals surface area (Å²) in [5, 5.41) is 24.6. The van der Waals surface area contributed by atoms with E-state index < -0.39 is 6.35 Å². The number of unbranched alkanes of at least 4 members (excludes halogenated alkanes) is 3. The van der Waals surface area contributed by atoms with Crippen LogP contribution in [-0.2, 0) is 4.65 Å². The van der Waals surface area contributed by atoms with Gasteiger partial charge >= 0.3 is 6.35 Å². The molecule has 0 saturated heterocycles. The van der Waals surface area contributed by atoms with Crippen LogP contribution in [0.15, 0.2) is 0 Å². The Morgan fingerprint density at radius 3 is 1.23 bits per heavy atom. The number of nitrogens with one attached hydrogen (secondary N) is 1. The van der Waals surface area contributed by atoms with E-state index in [0.717, 1.165) is 7.11 Å². The lowest BCUT2D eigenvalue weighted by atomic mass is 9.45. The first kappa shape index (κ1) is 22.7. The highest BCUT2D eigenvalue weighted by Gasteiger charge is 2.22. The molecular weight excluding hydrogens is 275 g/mol. The van der Waals surface area contributed by atoms with Crippen molar-refractivity contribution in [3.8, 4) is 17.9 Å². The third-order valence-corrected chi connectivity index (χ3v) is 3.55. The average molecular weight is 306 g/mol. The molecule has 0 spiro atoms. The predicted molar refractivity (Wildman–Crippen MR) is 89.9 cm³/mol. The minimum Gasteiger partial charge on any atom is -0.559 e. The van der Waals surface area contributed by atoms with E-state index in [1.807, 2.05) is 4.90 Å². The zero-order valence-corrected chi connectivity index (χ0v) is 14.7. The molecule has 0 saturated carbocycles. The van der Waals surface area contributed by atoms with Crippen LogP contribution in [0.1, 0.15) is 59.3 Å². The van der Waals surface area contributed by atoms with Crippen LogP contribution in [0.2, 0.25) is 0 Å². The first-order valence-corrected chi connectivity index (χ1v) is 8.36. The molecule has 0 unspecified atom stereocenters. The Bertz CT molecular complexity index is 326. The van der Waals surface area contributed by atoms with E-state index in [1.54, 1.807) is 0 Å². The monoisotopic (exact) mass is 306 g/mol. The second-order valence-corrected chi connectivity index (χ2v) is 5.47.